The molecule has 0 aliphatic carbocycles. The lowest BCUT2D eigenvalue weighted by Gasteiger charge is -2.37. The van der Waals surface area contributed by atoms with Crippen molar-refractivity contribution in [3.8, 4) is 23.1 Å². The molecular formula is C23H22ClN5OS. The molecule has 2 heterocycles. The molecule has 4 rings (SSSR count). The largest absolute Gasteiger partial charge is 0.495 e. The predicted octanol–water partition coefficient (Wildman–Crippen LogP) is 4.73. The fourth-order valence-corrected chi connectivity index (χ4v) is 4.21. The van der Waals surface area contributed by atoms with Crippen LogP contribution < -0.4 is 14.5 Å². The third-order valence-corrected chi connectivity index (χ3v) is 6.09. The highest BCUT2D eigenvalue weighted by Crippen LogP contribution is 2.33. The highest BCUT2D eigenvalue weighted by Gasteiger charge is 2.25. The first-order valence-corrected chi connectivity index (χ1v) is 11.5. The van der Waals surface area contributed by atoms with Gasteiger partial charge in [-0.25, -0.2) is 9.97 Å². The highest BCUT2D eigenvalue weighted by atomic mass is 35.5. The van der Waals surface area contributed by atoms with E-state index in [9.17, 15) is 5.26 Å². The van der Waals surface area contributed by atoms with Gasteiger partial charge in [0.25, 0.3) is 0 Å². The number of hydrogen-bond donors (Lipinski definition) is 0. The quantitative estimate of drug-likeness (QED) is 0.410. The van der Waals surface area contributed by atoms with Crippen LogP contribution in [0.25, 0.3) is 11.3 Å². The SMILES string of the molecule is COc1ccccc1N1CCN(c2nc(SC)nc(-c3ccc(Cl)cc3)c2C#N)CC1. The Bertz CT molecular complexity index is 1110. The fourth-order valence-electron chi connectivity index (χ4n) is 3.72. The molecule has 0 saturated carbocycles. The van der Waals surface area contributed by atoms with Crippen molar-refractivity contribution in [3.05, 3.63) is 59.1 Å². The molecule has 0 N–H and O–H groups in total. The molecule has 0 amide bonds. The molecule has 1 fully saturated rings. The Hall–Kier alpha value is -2.95. The number of benzene rings is 2. The Balaban J connectivity index is 1.65. The van der Waals surface area contributed by atoms with Gasteiger partial charge in [-0.05, 0) is 30.5 Å². The molecule has 1 aromatic heterocycles. The van der Waals surface area contributed by atoms with Crippen molar-refractivity contribution in [2.24, 2.45) is 0 Å². The summed E-state index contributed by atoms with van der Waals surface area (Å²) in [6, 6.07) is 17.8. The monoisotopic (exact) mass is 451 g/mol. The maximum absolute atomic E-state index is 9.99. The lowest BCUT2D eigenvalue weighted by atomic mass is 10.1. The summed E-state index contributed by atoms with van der Waals surface area (Å²) in [6.45, 7) is 3.11. The van der Waals surface area contributed by atoms with E-state index in [2.05, 4.69) is 26.9 Å². The number of thioether (sulfide) groups is 1. The second-order valence-corrected chi connectivity index (χ2v) is 8.23. The van der Waals surface area contributed by atoms with Crippen LogP contribution >= 0.6 is 23.4 Å². The fraction of sp³-hybridized carbons (Fsp3) is 0.261. The predicted molar refractivity (Wildman–Crippen MR) is 126 cm³/mol. The Morgan fingerprint density at radius 3 is 2.32 bits per heavy atom. The van der Waals surface area contributed by atoms with Crippen LogP contribution in [0.5, 0.6) is 5.75 Å². The Morgan fingerprint density at radius 1 is 1.00 bits per heavy atom. The Morgan fingerprint density at radius 2 is 1.68 bits per heavy atom. The van der Waals surface area contributed by atoms with Gasteiger partial charge < -0.3 is 14.5 Å². The number of ether oxygens (including phenoxy) is 1. The van der Waals surface area contributed by atoms with Crippen LogP contribution in [-0.4, -0.2) is 49.5 Å². The van der Waals surface area contributed by atoms with E-state index in [1.54, 1.807) is 7.11 Å². The molecule has 3 aromatic rings. The van der Waals surface area contributed by atoms with Crippen molar-refractivity contribution in [1.29, 1.82) is 5.26 Å². The van der Waals surface area contributed by atoms with Crippen molar-refractivity contribution < 1.29 is 4.74 Å². The van der Waals surface area contributed by atoms with E-state index in [4.69, 9.17) is 21.3 Å². The van der Waals surface area contributed by atoms with Gasteiger partial charge >= 0.3 is 0 Å². The summed E-state index contributed by atoms with van der Waals surface area (Å²) >= 11 is 7.52. The van der Waals surface area contributed by atoms with Gasteiger partial charge in [0.05, 0.1) is 18.5 Å². The van der Waals surface area contributed by atoms with Crippen LogP contribution in [0.3, 0.4) is 0 Å². The molecule has 1 aliphatic rings. The molecule has 31 heavy (non-hydrogen) atoms. The first-order valence-electron chi connectivity index (χ1n) is 9.89. The minimum Gasteiger partial charge on any atom is -0.495 e. The average Bonchev–Trinajstić information content (AvgIpc) is 2.83. The topological polar surface area (TPSA) is 65.3 Å². The van der Waals surface area contributed by atoms with E-state index >= 15 is 0 Å². The number of nitriles is 1. The molecule has 8 heteroatoms. The van der Waals surface area contributed by atoms with Crippen LogP contribution in [0, 0.1) is 11.3 Å². The molecule has 6 nitrogen and oxygen atoms in total. The zero-order valence-electron chi connectivity index (χ0n) is 17.4. The zero-order valence-corrected chi connectivity index (χ0v) is 19.0. The standard InChI is InChI=1S/C23H22ClN5OS/c1-30-20-6-4-3-5-19(20)28-11-13-29(14-12-28)22-18(15-25)21(26-23(27-22)31-2)16-7-9-17(24)10-8-16/h3-10H,11-14H2,1-2H3. The van der Waals surface area contributed by atoms with Gasteiger partial charge in [0.2, 0.25) is 0 Å². The molecule has 1 aliphatic heterocycles. The second kappa shape index (κ2) is 9.46. The zero-order chi connectivity index (χ0) is 21.8. The van der Waals surface area contributed by atoms with Crippen molar-refractivity contribution in [1.82, 2.24) is 9.97 Å². The summed E-state index contributed by atoms with van der Waals surface area (Å²) in [5.74, 6) is 1.55. The summed E-state index contributed by atoms with van der Waals surface area (Å²) in [5, 5.41) is 11.3. The van der Waals surface area contributed by atoms with Crippen LogP contribution in [0.1, 0.15) is 5.56 Å². The second-order valence-electron chi connectivity index (χ2n) is 7.02. The van der Waals surface area contributed by atoms with Crippen LogP contribution in [-0.2, 0) is 0 Å². The maximum Gasteiger partial charge on any atom is 0.189 e. The number of halogens is 1. The first-order chi connectivity index (χ1) is 15.1. The molecular weight excluding hydrogens is 430 g/mol. The smallest absolute Gasteiger partial charge is 0.189 e. The van der Waals surface area contributed by atoms with Crippen LogP contribution in [0.4, 0.5) is 11.5 Å². The third kappa shape index (κ3) is 4.41. The van der Waals surface area contributed by atoms with E-state index < -0.39 is 0 Å². The molecule has 0 unspecified atom stereocenters. The number of anilines is 2. The summed E-state index contributed by atoms with van der Waals surface area (Å²) in [5.41, 5.74) is 3.07. The van der Waals surface area contributed by atoms with Crippen molar-refractivity contribution in [2.45, 2.75) is 5.16 Å². The number of para-hydroxylation sites is 2. The number of rotatable bonds is 5. The van der Waals surface area contributed by atoms with Crippen molar-refractivity contribution in [2.75, 3.05) is 49.3 Å². The molecule has 0 spiro atoms. The maximum atomic E-state index is 9.99. The van der Waals surface area contributed by atoms with Crippen molar-refractivity contribution in [3.63, 3.8) is 0 Å². The number of hydrogen-bond acceptors (Lipinski definition) is 7. The minimum atomic E-state index is 0.492. The van der Waals surface area contributed by atoms with Gasteiger partial charge in [0, 0.05) is 36.8 Å². The molecule has 2 aromatic carbocycles. The summed E-state index contributed by atoms with van der Waals surface area (Å²) in [6.07, 6.45) is 1.94. The third-order valence-electron chi connectivity index (χ3n) is 5.29. The summed E-state index contributed by atoms with van der Waals surface area (Å²) in [7, 11) is 1.69. The lowest BCUT2D eigenvalue weighted by Crippen LogP contribution is -2.47. The first kappa shape index (κ1) is 21.3. The number of methoxy groups -OCH3 is 1. The van der Waals surface area contributed by atoms with Gasteiger partial charge in [-0.3, -0.25) is 0 Å². The normalized spacial score (nSPS) is 13.7. The average molecular weight is 452 g/mol. The Kier molecular flexibility index (Phi) is 6.50. The molecule has 0 radical (unpaired) electrons. The molecule has 0 atom stereocenters. The summed E-state index contributed by atoms with van der Waals surface area (Å²) in [4.78, 5) is 13.8. The Labute approximate surface area is 191 Å². The van der Waals surface area contributed by atoms with Gasteiger partial charge in [0.1, 0.15) is 17.4 Å². The van der Waals surface area contributed by atoms with E-state index in [0.29, 0.717) is 27.3 Å². The molecule has 0 bridgehead atoms. The van der Waals surface area contributed by atoms with E-state index in [1.807, 2.05) is 48.7 Å². The minimum absolute atomic E-state index is 0.492. The van der Waals surface area contributed by atoms with Crippen LogP contribution in [0.2, 0.25) is 5.02 Å². The molecule has 1 saturated heterocycles. The number of nitrogens with zero attached hydrogens (tertiary/aromatic N) is 5. The van der Waals surface area contributed by atoms with E-state index in [0.717, 1.165) is 43.2 Å². The van der Waals surface area contributed by atoms with Gasteiger partial charge in [-0.2, -0.15) is 5.26 Å². The van der Waals surface area contributed by atoms with Gasteiger partial charge in [0.15, 0.2) is 11.0 Å². The van der Waals surface area contributed by atoms with Crippen molar-refractivity contribution >= 4 is 34.9 Å². The van der Waals surface area contributed by atoms with Gasteiger partial charge in [-0.1, -0.05) is 47.6 Å². The molecule has 158 valence electrons. The number of aromatic nitrogens is 2. The highest BCUT2D eigenvalue weighted by molar-refractivity contribution is 7.98. The van der Waals surface area contributed by atoms with E-state index in [-0.39, 0.29) is 0 Å². The lowest BCUT2D eigenvalue weighted by molar-refractivity contribution is 0.413. The van der Waals surface area contributed by atoms with Gasteiger partial charge in [-0.15, -0.1) is 0 Å². The van der Waals surface area contributed by atoms with Crippen LogP contribution in [0.15, 0.2) is 53.7 Å². The summed E-state index contributed by atoms with van der Waals surface area (Å²) < 4.78 is 5.52. The number of piperazine rings is 1. The van der Waals surface area contributed by atoms with E-state index in [1.165, 1.54) is 11.8 Å².